The van der Waals surface area contributed by atoms with Crippen molar-refractivity contribution in [3.05, 3.63) is 36.0 Å². The number of nitrogens with zero attached hydrogens (tertiary/aromatic N) is 1. The van der Waals surface area contributed by atoms with Gasteiger partial charge in [-0.05, 0) is 37.0 Å². The third-order valence-electron chi connectivity index (χ3n) is 3.93. The Bertz CT molecular complexity index is 569. The second-order valence-electron chi connectivity index (χ2n) is 5.23. The summed E-state index contributed by atoms with van der Waals surface area (Å²) in [4.78, 5) is 17.5. The highest BCUT2D eigenvalue weighted by Crippen LogP contribution is 2.27. The zero-order valence-corrected chi connectivity index (χ0v) is 10.6. The smallest absolute Gasteiger partial charge is 0.254 e. The molecule has 0 aliphatic heterocycles. The Morgan fingerprint density at radius 3 is 2.94 bits per heavy atom. The summed E-state index contributed by atoms with van der Waals surface area (Å²) in [5.74, 6) is 0.844. The van der Waals surface area contributed by atoms with Crippen molar-refractivity contribution < 1.29 is 4.79 Å². The lowest BCUT2D eigenvalue weighted by Crippen LogP contribution is -2.34. The third kappa shape index (κ3) is 1.90. The number of benzene rings is 1. The minimum atomic E-state index is 0.132. The first-order valence-corrected chi connectivity index (χ1v) is 6.57. The highest BCUT2D eigenvalue weighted by Gasteiger charge is 2.22. The Morgan fingerprint density at radius 2 is 2.22 bits per heavy atom. The first kappa shape index (κ1) is 11.3. The number of fused-ring (bicyclic) bond motifs is 1. The summed E-state index contributed by atoms with van der Waals surface area (Å²) in [6, 6.07) is 7.82. The highest BCUT2D eigenvalue weighted by atomic mass is 16.2. The molecule has 1 aromatic carbocycles. The minimum Gasteiger partial charge on any atom is -0.361 e. The Balaban J connectivity index is 1.84. The number of rotatable bonds is 3. The van der Waals surface area contributed by atoms with E-state index in [2.05, 4.69) is 4.98 Å². The monoisotopic (exact) mass is 242 g/mol. The topological polar surface area (TPSA) is 36.1 Å². The van der Waals surface area contributed by atoms with Gasteiger partial charge in [0.1, 0.15) is 0 Å². The summed E-state index contributed by atoms with van der Waals surface area (Å²) in [5, 5.41) is 1.02. The van der Waals surface area contributed by atoms with Crippen molar-refractivity contribution in [1.82, 2.24) is 9.88 Å². The number of aromatic amines is 1. The molecule has 0 bridgehead atoms. The Morgan fingerprint density at radius 1 is 1.39 bits per heavy atom. The maximum Gasteiger partial charge on any atom is 0.254 e. The molecule has 1 heterocycles. The quantitative estimate of drug-likeness (QED) is 0.882. The van der Waals surface area contributed by atoms with Crippen molar-refractivity contribution in [2.45, 2.75) is 19.3 Å². The van der Waals surface area contributed by atoms with Crippen LogP contribution >= 0.6 is 0 Å². The van der Waals surface area contributed by atoms with Gasteiger partial charge in [0.15, 0.2) is 0 Å². The van der Waals surface area contributed by atoms with Gasteiger partial charge in [-0.2, -0.15) is 0 Å². The minimum absolute atomic E-state index is 0.132. The van der Waals surface area contributed by atoms with Crippen molar-refractivity contribution in [2.24, 2.45) is 5.92 Å². The average Bonchev–Trinajstić information content (AvgIpc) is 2.80. The van der Waals surface area contributed by atoms with Gasteiger partial charge in [-0.3, -0.25) is 4.79 Å². The molecule has 3 rings (SSSR count). The largest absolute Gasteiger partial charge is 0.361 e. The molecule has 1 aliphatic rings. The van der Waals surface area contributed by atoms with Gasteiger partial charge in [-0.25, -0.2) is 0 Å². The van der Waals surface area contributed by atoms with E-state index in [1.165, 1.54) is 19.3 Å². The molecule has 1 aromatic heterocycles. The molecule has 0 radical (unpaired) electrons. The van der Waals surface area contributed by atoms with Crippen molar-refractivity contribution in [3.8, 4) is 0 Å². The summed E-state index contributed by atoms with van der Waals surface area (Å²) >= 11 is 0. The Labute approximate surface area is 107 Å². The Kier molecular flexibility index (Phi) is 2.82. The van der Waals surface area contributed by atoms with Crippen LogP contribution in [0.2, 0.25) is 0 Å². The molecule has 0 unspecified atom stereocenters. The van der Waals surface area contributed by atoms with Crippen LogP contribution in [-0.2, 0) is 0 Å². The average molecular weight is 242 g/mol. The van der Waals surface area contributed by atoms with Gasteiger partial charge in [-0.15, -0.1) is 0 Å². The van der Waals surface area contributed by atoms with Crippen LogP contribution in [0, 0.1) is 5.92 Å². The molecule has 94 valence electrons. The predicted octanol–water partition coefficient (Wildman–Crippen LogP) is 3.04. The summed E-state index contributed by atoms with van der Waals surface area (Å²) in [5.41, 5.74) is 1.83. The van der Waals surface area contributed by atoms with Crippen molar-refractivity contribution in [3.63, 3.8) is 0 Å². The van der Waals surface area contributed by atoms with Gasteiger partial charge in [0, 0.05) is 36.3 Å². The van der Waals surface area contributed by atoms with Crippen molar-refractivity contribution >= 4 is 16.8 Å². The Hall–Kier alpha value is -1.77. The van der Waals surface area contributed by atoms with E-state index in [9.17, 15) is 4.79 Å². The number of carbonyl (C=O) groups is 1. The molecule has 3 nitrogen and oxygen atoms in total. The van der Waals surface area contributed by atoms with E-state index < -0.39 is 0 Å². The molecule has 2 aromatic rings. The lowest BCUT2D eigenvalue weighted by atomic mass is 9.85. The second kappa shape index (κ2) is 4.48. The number of amides is 1. The van der Waals surface area contributed by atoms with E-state index >= 15 is 0 Å². The van der Waals surface area contributed by atoms with Crippen LogP contribution in [-0.4, -0.2) is 29.4 Å². The number of aromatic nitrogens is 1. The maximum atomic E-state index is 12.4. The van der Waals surface area contributed by atoms with E-state index in [1.54, 1.807) is 0 Å². The fraction of sp³-hybridized carbons (Fsp3) is 0.400. The molecule has 3 heteroatoms. The van der Waals surface area contributed by atoms with Crippen LogP contribution in [0.3, 0.4) is 0 Å². The van der Waals surface area contributed by atoms with Gasteiger partial charge in [0.25, 0.3) is 5.91 Å². The van der Waals surface area contributed by atoms with Crippen LogP contribution in [0.4, 0.5) is 0 Å². The molecule has 18 heavy (non-hydrogen) atoms. The van der Waals surface area contributed by atoms with Gasteiger partial charge in [0.05, 0.1) is 0 Å². The first-order valence-electron chi connectivity index (χ1n) is 6.57. The zero-order chi connectivity index (χ0) is 12.5. The lowest BCUT2D eigenvalue weighted by molar-refractivity contribution is 0.0747. The molecule has 1 fully saturated rings. The van der Waals surface area contributed by atoms with Crippen LogP contribution in [0.25, 0.3) is 10.9 Å². The highest BCUT2D eigenvalue weighted by molar-refractivity contribution is 6.06. The number of H-pyrrole nitrogens is 1. The molecule has 0 spiro atoms. The van der Waals surface area contributed by atoms with Crippen LogP contribution in [0.5, 0.6) is 0 Å². The number of carbonyl (C=O) groups excluding carboxylic acids is 1. The number of nitrogens with one attached hydrogen (secondary N) is 1. The standard InChI is InChI=1S/C15H18N2O/c1-17(10-11-4-2-5-11)15(18)13-6-3-7-14-12(13)8-9-16-14/h3,6-9,11,16H,2,4-5,10H2,1H3. The maximum absolute atomic E-state index is 12.4. The van der Waals surface area contributed by atoms with E-state index in [-0.39, 0.29) is 5.91 Å². The van der Waals surface area contributed by atoms with Gasteiger partial charge >= 0.3 is 0 Å². The van der Waals surface area contributed by atoms with E-state index in [0.29, 0.717) is 5.92 Å². The van der Waals surface area contributed by atoms with Gasteiger partial charge in [-0.1, -0.05) is 12.5 Å². The molecule has 1 amide bonds. The van der Waals surface area contributed by atoms with Crippen LogP contribution in [0.1, 0.15) is 29.6 Å². The summed E-state index contributed by atoms with van der Waals surface area (Å²) in [7, 11) is 1.91. The molecule has 1 saturated carbocycles. The van der Waals surface area contributed by atoms with E-state index in [1.807, 2.05) is 42.4 Å². The fourth-order valence-corrected chi connectivity index (χ4v) is 2.62. The normalized spacial score (nSPS) is 15.6. The number of hydrogen-bond acceptors (Lipinski definition) is 1. The van der Waals surface area contributed by atoms with Gasteiger partial charge < -0.3 is 9.88 Å². The molecule has 0 saturated heterocycles. The predicted molar refractivity (Wildman–Crippen MR) is 72.6 cm³/mol. The summed E-state index contributed by atoms with van der Waals surface area (Å²) < 4.78 is 0. The SMILES string of the molecule is CN(CC1CCC1)C(=O)c1cccc2[nH]ccc12. The van der Waals surface area contributed by atoms with Gasteiger partial charge in [0.2, 0.25) is 0 Å². The van der Waals surface area contributed by atoms with Crippen LogP contribution in [0.15, 0.2) is 30.5 Å². The second-order valence-corrected chi connectivity index (χ2v) is 5.23. The van der Waals surface area contributed by atoms with Crippen molar-refractivity contribution in [1.29, 1.82) is 0 Å². The van der Waals surface area contributed by atoms with Crippen LogP contribution < -0.4 is 0 Å². The third-order valence-corrected chi connectivity index (χ3v) is 3.93. The van der Waals surface area contributed by atoms with Crippen molar-refractivity contribution in [2.75, 3.05) is 13.6 Å². The number of hydrogen-bond donors (Lipinski definition) is 1. The summed E-state index contributed by atoms with van der Waals surface area (Å²) in [6.07, 6.45) is 5.74. The fourth-order valence-electron chi connectivity index (χ4n) is 2.62. The molecule has 0 atom stereocenters. The van der Waals surface area contributed by atoms with E-state index in [0.717, 1.165) is 23.0 Å². The van der Waals surface area contributed by atoms with E-state index in [4.69, 9.17) is 0 Å². The molecular formula is C15H18N2O. The molecule has 1 N–H and O–H groups in total. The molecular weight excluding hydrogens is 224 g/mol. The lowest BCUT2D eigenvalue weighted by Gasteiger charge is -2.30. The zero-order valence-electron chi connectivity index (χ0n) is 10.6. The first-order chi connectivity index (χ1) is 8.75. The summed E-state index contributed by atoms with van der Waals surface area (Å²) in [6.45, 7) is 0.889. The molecule has 1 aliphatic carbocycles.